The lowest BCUT2D eigenvalue weighted by atomic mass is 10.0. The average Bonchev–Trinajstić information content (AvgIpc) is 2.37. The van der Waals surface area contributed by atoms with Gasteiger partial charge in [0.1, 0.15) is 11.3 Å². The molecule has 96 valence electrons. The van der Waals surface area contributed by atoms with Crippen molar-refractivity contribution in [2.24, 2.45) is 0 Å². The van der Waals surface area contributed by atoms with Gasteiger partial charge in [0.15, 0.2) is 0 Å². The van der Waals surface area contributed by atoms with Crippen molar-refractivity contribution in [3.63, 3.8) is 0 Å². The Labute approximate surface area is 115 Å². The highest BCUT2D eigenvalue weighted by atomic mass is 35.5. The Bertz CT molecular complexity index is 574. The van der Waals surface area contributed by atoms with Gasteiger partial charge in [-0.05, 0) is 18.6 Å². The third-order valence-corrected chi connectivity index (χ3v) is 3.49. The summed E-state index contributed by atoms with van der Waals surface area (Å²) < 4.78 is 0. The van der Waals surface area contributed by atoms with Gasteiger partial charge >= 0.3 is 0 Å². The van der Waals surface area contributed by atoms with Crippen LogP contribution < -0.4 is 0 Å². The summed E-state index contributed by atoms with van der Waals surface area (Å²) in [5.41, 5.74) is 2.19. The number of rotatable bonds is 3. The van der Waals surface area contributed by atoms with Gasteiger partial charge in [0.2, 0.25) is 0 Å². The van der Waals surface area contributed by atoms with Crippen molar-refractivity contribution in [1.29, 1.82) is 0 Å². The summed E-state index contributed by atoms with van der Waals surface area (Å²) in [7, 11) is 0. The molecule has 0 radical (unpaired) electrons. The van der Waals surface area contributed by atoms with E-state index >= 15 is 0 Å². The fourth-order valence-electron chi connectivity index (χ4n) is 1.84. The Balaban J connectivity index is 2.56. The Morgan fingerprint density at radius 2 is 2.06 bits per heavy atom. The van der Waals surface area contributed by atoms with E-state index in [0.29, 0.717) is 5.56 Å². The van der Waals surface area contributed by atoms with Crippen molar-refractivity contribution >= 4 is 34.1 Å². The van der Waals surface area contributed by atoms with Crippen LogP contribution >= 0.6 is 23.2 Å². The summed E-state index contributed by atoms with van der Waals surface area (Å²) in [6, 6.07) is 7.46. The number of aliphatic hydroxyl groups excluding tert-OH is 2. The molecule has 2 N–H and O–H groups in total. The molecule has 3 nitrogen and oxygen atoms in total. The molecule has 2 rings (SSSR count). The Kier molecular flexibility index (Phi) is 4.07. The molecule has 0 bridgehead atoms. The van der Waals surface area contributed by atoms with Gasteiger partial charge < -0.3 is 10.2 Å². The number of aliphatic hydroxyl groups is 2. The third-order valence-electron chi connectivity index (χ3n) is 2.87. The molecular formula is C13H13Cl2NO2. The topological polar surface area (TPSA) is 53.4 Å². The van der Waals surface area contributed by atoms with Crippen LogP contribution in [0.4, 0.5) is 0 Å². The van der Waals surface area contributed by atoms with Crippen LogP contribution in [0.3, 0.4) is 0 Å². The minimum atomic E-state index is -1.13. The molecule has 0 saturated heterocycles. The number of benzene rings is 1. The lowest BCUT2D eigenvalue weighted by molar-refractivity contribution is 0.0327. The maximum Gasteiger partial charge on any atom is 0.135 e. The number of pyridine rings is 1. The molecule has 5 heteroatoms. The summed E-state index contributed by atoms with van der Waals surface area (Å²) in [5.74, 6) is -0.0661. The van der Waals surface area contributed by atoms with Crippen LogP contribution in [0.25, 0.3) is 10.9 Å². The van der Waals surface area contributed by atoms with E-state index in [1.807, 2.05) is 25.1 Å². The van der Waals surface area contributed by atoms with Gasteiger partial charge in [0.05, 0.1) is 17.5 Å². The lowest BCUT2D eigenvalue weighted by Crippen LogP contribution is -2.20. The number of hydrogen-bond donors (Lipinski definition) is 2. The summed E-state index contributed by atoms with van der Waals surface area (Å²) in [5, 5.41) is 20.6. The van der Waals surface area contributed by atoms with E-state index in [2.05, 4.69) is 4.98 Å². The first-order chi connectivity index (χ1) is 8.54. The highest BCUT2D eigenvalue weighted by Crippen LogP contribution is 2.29. The van der Waals surface area contributed by atoms with Crippen LogP contribution in [0.5, 0.6) is 0 Å². The van der Waals surface area contributed by atoms with Gasteiger partial charge in [0.25, 0.3) is 0 Å². The van der Waals surface area contributed by atoms with Crippen molar-refractivity contribution in [3.05, 3.63) is 40.5 Å². The third kappa shape index (κ3) is 2.45. The number of aryl methyl sites for hydroxylation is 1. The first-order valence-electron chi connectivity index (χ1n) is 5.52. The molecule has 0 aliphatic rings. The molecular weight excluding hydrogens is 273 g/mol. The Hall–Kier alpha value is -0.870. The van der Waals surface area contributed by atoms with E-state index in [1.165, 1.54) is 0 Å². The van der Waals surface area contributed by atoms with Crippen molar-refractivity contribution in [3.8, 4) is 0 Å². The molecule has 1 aromatic heterocycles. The van der Waals surface area contributed by atoms with E-state index in [0.717, 1.165) is 16.5 Å². The molecule has 1 aromatic carbocycles. The molecule has 0 spiro atoms. The maximum atomic E-state index is 9.94. The second kappa shape index (κ2) is 5.41. The molecule has 2 atom stereocenters. The lowest BCUT2D eigenvalue weighted by Gasteiger charge is -2.17. The van der Waals surface area contributed by atoms with Crippen LogP contribution in [0.1, 0.15) is 17.2 Å². The molecule has 0 fully saturated rings. The number of nitrogens with zero attached hydrogens (tertiary/aromatic N) is 1. The summed E-state index contributed by atoms with van der Waals surface area (Å²) in [4.78, 5) is 4.26. The summed E-state index contributed by atoms with van der Waals surface area (Å²) >= 11 is 11.6. The molecule has 0 aliphatic carbocycles. The van der Waals surface area contributed by atoms with E-state index in [4.69, 9.17) is 23.2 Å². The number of alkyl halides is 1. The predicted octanol–water partition coefficient (Wildman–Crippen LogP) is 2.83. The van der Waals surface area contributed by atoms with Gasteiger partial charge in [-0.1, -0.05) is 29.8 Å². The zero-order chi connectivity index (χ0) is 13.3. The number of para-hydroxylation sites is 1. The summed E-state index contributed by atoms with van der Waals surface area (Å²) in [6.45, 7) is 1.94. The van der Waals surface area contributed by atoms with Gasteiger partial charge in [-0.15, -0.1) is 11.6 Å². The van der Waals surface area contributed by atoms with Crippen molar-refractivity contribution in [2.75, 3.05) is 5.88 Å². The fraction of sp³-hybridized carbons (Fsp3) is 0.308. The van der Waals surface area contributed by atoms with E-state index in [1.54, 1.807) is 6.07 Å². The van der Waals surface area contributed by atoms with E-state index in [-0.39, 0.29) is 11.0 Å². The van der Waals surface area contributed by atoms with E-state index in [9.17, 15) is 10.2 Å². The number of fused-ring (bicyclic) bond motifs is 1. The van der Waals surface area contributed by atoms with Crippen molar-refractivity contribution in [2.45, 2.75) is 19.1 Å². The molecule has 0 saturated carbocycles. The molecule has 0 amide bonds. The smallest absolute Gasteiger partial charge is 0.135 e. The largest absolute Gasteiger partial charge is 0.389 e. The highest BCUT2D eigenvalue weighted by molar-refractivity contribution is 6.30. The van der Waals surface area contributed by atoms with Crippen LogP contribution in [0.15, 0.2) is 24.3 Å². The standard InChI is InChI=1S/C13H13Cl2NO2/c1-7-3-2-4-8-5-9(12(18)10(17)6-14)13(15)16-11(7)8/h2-5,10,12,17-18H,6H2,1H3. The number of halogens is 2. The Morgan fingerprint density at radius 3 is 2.72 bits per heavy atom. The monoisotopic (exact) mass is 285 g/mol. The zero-order valence-corrected chi connectivity index (χ0v) is 11.3. The maximum absolute atomic E-state index is 9.94. The summed E-state index contributed by atoms with van der Waals surface area (Å²) in [6.07, 6.45) is -2.19. The minimum Gasteiger partial charge on any atom is -0.389 e. The highest BCUT2D eigenvalue weighted by Gasteiger charge is 2.21. The van der Waals surface area contributed by atoms with Gasteiger partial charge in [-0.3, -0.25) is 0 Å². The quantitative estimate of drug-likeness (QED) is 0.674. The molecule has 2 unspecified atom stereocenters. The number of hydrogen-bond acceptors (Lipinski definition) is 3. The zero-order valence-electron chi connectivity index (χ0n) is 9.77. The second-order valence-electron chi connectivity index (χ2n) is 4.18. The van der Waals surface area contributed by atoms with Gasteiger partial charge in [-0.25, -0.2) is 4.98 Å². The van der Waals surface area contributed by atoms with Crippen LogP contribution in [0, 0.1) is 6.92 Å². The van der Waals surface area contributed by atoms with E-state index < -0.39 is 12.2 Å². The predicted molar refractivity (Wildman–Crippen MR) is 73.2 cm³/mol. The molecule has 0 aliphatic heterocycles. The van der Waals surface area contributed by atoms with Gasteiger partial charge in [-0.2, -0.15) is 0 Å². The second-order valence-corrected chi connectivity index (χ2v) is 4.85. The minimum absolute atomic E-state index is 0.0661. The molecule has 2 aromatic rings. The first-order valence-corrected chi connectivity index (χ1v) is 6.43. The SMILES string of the molecule is Cc1cccc2cc(C(O)C(O)CCl)c(Cl)nc12. The fourth-order valence-corrected chi connectivity index (χ4v) is 2.26. The molecule has 1 heterocycles. The average molecular weight is 286 g/mol. The Morgan fingerprint density at radius 1 is 1.33 bits per heavy atom. The number of aromatic nitrogens is 1. The van der Waals surface area contributed by atoms with Crippen LogP contribution in [0.2, 0.25) is 5.15 Å². The van der Waals surface area contributed by atoms with Crippen LogP contribution in [-0.2, 0) is 0 Å². The normalized spacial score (nSPS) is 14.7. The van der Waals surface area contributed by atoms with Gasteiger partial charge in [0, 0.05) is 10.9 Å². The van der Waals surface area contributed by atoms with Crippen molar-refractivity contribution < 1.29 is 10.2 Å². The molecule has 18 heavy (non-hydrogen) atoms. The van der Waals surface area contributed by atoms with Crippen LogP contribution in [-0.4, -0.2) is 27.2 Å². The van der Waals surface area contributed by atoms with Crippen molar-refractivity contribution in [1.82, 2.24) is 4.98 Å². The first kappa shape index (κ1) is 13.6.